The van der Waals surface area contributed by atoms with Gasteiger partial charge in [-0.25, -0.2) is 22.3 Å². The number of rotatable bonds is 10. The first-order chi connectivity index (χ1) is 18.0. The van der Waals surface area contributed by atoms with Gasteiger partial charge in [-0.3, -0.25) is 0 Å². The smallest absolute Gasteiger partial charge is 0.349 e. The number of hydrogen-bond donors (Lipinski definition) is 3. The summed E-state index contributed by atoms with van der Waals surface area (Å²) in [4.78, 5) is 23.3. The van der Waals surface area contributed by atoms with Gasteiger partial charge in [0.05, 0.1) is 5.75 Å². The van der Waals surface area contributed by atoms with Crippen molar-refractivity contribution in [3.63, 3.8) is 0 Å². The number of aryl methyl sites for hydroxylation is 1. The third-order valence-electron chi connectivity index (χ3n) is 6.57. The van der Waals surface area contributed by atoms with Crippen molar-refractivity contribution < 1.29 is 33.0 Å². The number of carbonyl (C=O) groups is 2. The van der Waals surface area contributed by atoms with E-state index >= 15 is 0 Å². The van der Waals surface area contributed by atoms with Crippen LogP contribution in [0.2, 0.25) is 0 Å². The summed E-state index contributed by atoms with van der Waals surface area (Å²) in [5.74, 6) is -2.30. The molecule has 0 aliphatic carbocycles. The van der Waals surface area contributed by atoms with E-state index in [-0.39, 0.29) is 22.4 Å². The molecule has 1 aliphatic rings. The number of hydrogen-bond acceptors (Lipinski definition) is 7. The second-order valence-electron chi connectivity index (χ2n) is 9.28. The summed E-state index contributed by atoms with van der Waals surface area (Å²) in [6.07, 6.45) is 1.32. The number of benzene rings is 2. The molecule has 0 radical (unpaired) electrons. The third-order valence-corrected chi connectivity index (χ3v) is 9.71. The van der Waals surface area contributed by atoms with Crippen molar-refractivity contribution >= 4 is 39.0 Å². The van der Waals surface area contributed by atoms with Crippen LogP contribution < -0.4 is 10.1 Å². The van der Waals surface area contributed by atoms with E-state index < -0.39 is 28.6 Å². The molecule has 2 heterocycles. The average Bonchev–Trinajstić information content (AvgIpc) is 3.21. The molecule has 3 N–H and O–H groups in total. The second-order valence-corrected chi connectivity index (χ2v) is 12.3. The minimum atomic E-state index is -3.41. The van der Waals surface area contributed by atoms with Crippen LogP contribution in [0.15, 0.2) is 48.5 Å². The topological polar surface area (TPSA) is 133 Å². The van der Waals surface area contributed by atoms with E-state index in [1.807, 2.05) is 55.5 Å². The number of nitrogens with zero attached hydrogens (tertiary/aromatic N) is 1. The summed E-state index contributed by atoms with van der Waals surface area (Å²) in [5, 5.41) is 22.0. The van der Waals surface area contributed by atoms with Crippen molar-refractivity contribution in [2.45, 2.75) is 38.5 Å². The van der Waals surface area contributed by atoms with Gasteiger partial charge in [-0.2, -0.15) is 0 Å². The number of sulfonamides is 1. The van der Waals surface area contributed by atoms with Gasteiger partial charge in [-0.15, -0.1) is 11.3 Å². The summed E-state index contributed by atoms with van der Waals surface area (Å²) in [7, 11) is -3.41. The van der Waals surface area contributed by atoms with Crippen LogP contribution in [-0.2, 0) is 20.6 Å². The van der Waals surface area contributed by atoms with Gasteiger partial charge in [-0.05, 0) is 55.5 Å². The van der Waals surface area contributed by atoms with Crippen LogP contribution in [0.3, 0.4) is 0 Å². The Balaban J connectivity index is 1.43. The zero-order chi connectivity index (χ0) is 27.4. The number of piperidine rings is 1. The van der Waals surface area contributed by atoms with Crippen LogP contribution in [0.5, 0.6) is 5.75 Å². The molecule has 0 saturated carbocycles. The van der Waals surface area contributed by atoms with E-state index in [1.165, 1.54) is 0 Å². The first-order valence-corrected chi connectivity index (χ1v) is 14.6. The maximum absolute atomic E-state index is 13.0. The van der Waals surface area contributed by atoms with E-state index in [1.54, 1.807) is 11.2 Å². The van der Waals surface area contributed by atoms with Crippen molar-refractivity contribution in [3.8, 4) is 16.2 Å². The molecule has 1 aromatic heterocycles. The number of aliphatic carboxylic acids is 1. The lowest BCUT2D eigenvalue weighted by Gasteiger charge is -2.32. The lowest BCUT2D eigenvalue weighted by molar-refractivity contribution is -0.139. The molecule has 0 unspecified atom stereocenters. The number of ether oxygens (including phenoxy) is 1. The lowest BCUT2D eigenvalue weighted by atomic mass is 10.0. The van der Waals surface area contributed by atoms with E-state index in [0.29, 0.717) is 36.4 Å². The monoisotopic (exact) mass is 558 g/mol. The van der Waals surface area contributed by atoms with Crippen molar-refractivity contribution in [1.82, 2.24) is 4.31 Å². The Morgan fingerprint density at radius 3 is 2.45 bits per heavy atom. The average molecular weight is 559 g/mol. The van der Waals surface area contributed by atoms with Gasteiger partial charge >= 0.3 is 11.9 Å². The molecule has 3 aromatic rings. The van der Waals surface area contributed by atoms with E-state index in [9.17, 15) is 23.1 Å². The largest absolute Gasteiger partial charge is 0.480 e. The zero-order valence-corrected chi connectivity index (χ0v) is 22.8. The first-order valence-electron chi connectivity index (χ1n) is 12.2. The predicted octanol–water partition coefficient (Wildman–Crippen LogP) is 4.60. The minimum absolute atomic E-state index is 0.00350. The molecule has 0 bridgehead atoms. The highest BCUT2D eigenvalue weighted by Crippen LogP contribution is 2.42. The van der Waals surface area contributed by atoms with Gasteiger partial charge in [0, 0.05) is 35.3 Å². The molecule has 2 aromatic carbocycles. The van der Waals surface area contributed by atoms with Crippen LogP contribution in [0.4, 0.5) is 5.69 Å². The standard InChI is InChI=1S/C27H30N2O7S2/c1-17-6-3-4-7-20(17)16-38(34,35)29-12-10-21(11-13-29)28-22-9-5-8-19(14-22)25-18(2)24(36-15-23(30)31)26(37-25)27(32)33/h3-9,14,21,28H,10-13,15-16H2,1-2H3,(H,30,31)(H,32,33). The van der Waals surface area contributed by atoms with Crippen molar-refractivity contribution in [2.24, 2.45) is 0 Å². The van der Waals surface area contributed by atoms with Crippen molar-refractivity contribution in [3.05, 3.63) is 70.1 Å². The number of nitrogens with one attached hydrogen (secondary N) is 1. The fourth-order valence-corrected chi connectivity index (χ4v) is 7.30. The fourth-order valence-electron chi connectivity index (χ4n) is 4.55. The van der Waals surface area contributed by atoms with Crippen LogP contribution >= 0.6 is 11.3 Å². The van der Waals surface area contributed by atoms with Crippen molar-refractivity contribution in [2.75, 3.05) is 25.0 Å². The minimum Gasteiger partial charge on any atom is -0.480 e. The molecule has 1 saturated heterocycles. The maximum atomic E-state index is 13.0. The van der Waals surface area contributed by atoms with Crippen LogP contribution in [0.25, 0.3) is 10.4 Å². The normalized spacial score (nSPS) is 14.8. The summed E-state index contributed by atoms with van der Waals surface area (Å²) in [6.45, 7) is 3.86. The Hall–Kier alpha value is -3.41. The fraction of sp³-hybridized carbons (Fsp3) is 0.333. The van der Waals surface area contributed by atoms with Gasteiger partial charge < -0.3 is 20.3 Å². The van der Waals surface area contributed by atoms with Crippen LogP contribution in [0, 0.1) is 13.8 Å². The van der Waals surface area contributed by atoms with Crippen molar-refractivity contribution in [1.29, 1.82) is 0 Å². The van der Waals surface area contributed by atoms with E-state index in [2.05, 4.69) is 5.32 Å². The summed E-state index contributed by atoms with van der Waals surface area (Å²) >= 11 is 1.04. The van der Waals surface area contributed by atoms with Gasteiger partial charge in [0.1, 0.15) is 5.75 Å². The molecule has 1 aliphatic heterocycles. The van der Waals surface area contributed by atoms with Gasteiger partial charge in [0.15, 0.2) is 11.5 Å². The Labute approximate surface area is 225 Å². The summed E-state index contributed by atoms with van der Waals surface area (Å²) in [6, 6.07) is 15.1. The first kappa shape index (κ1) is 27.6. The van der Waals surface area contributed by atoms with Gasteiger partial charge in [0.25, 0.3) is 0 Å². The highest BCUT2D eigenvalue weighted by atomic mass is 32.2. The molecule has 0 spiro atoms. The molecular formula is C27H30N2O7S2. The second kappa shape index (κ2) is 11.5. The number of carboxylic acid groups (broad SMARTS) is 2. The molecule has 38 heavy (non-hydrogen) atoms. The Morgan fingerprint density at radius 1 is 1.08 bits per heavy atom. The SMILES string of the molecule is Cc1ccccc1CS(=O)(=O)N1CCC(Nc2cccc(-c3sc(C(=O)O)c(OCC(=O)O)c3C)c2)CC1. The predicted molar refractivity (Wildman–Crippen MR) is 147 cm³/mol. The zero-order valence-electron chi connectivity index (χ0n) is 21.1. The van der Waals surface area contributed by atoms with Gasteiger partial charge in [0.2, 0.25) is 10.0 Å². The molecule has 11 heteroatoms. The Bertz CT molecular complexity index is 1440. The maximum Gasteiger partial charge on any atom is 0.349 e. The summed E-state index contributed by atoms with van der Waals surface area (Å²) in [5.41, 5.74) is 3.96. The molecule has 202 valence electrons. The number of aromatic carboxylic acids is 1. The highest BCUT2D eigenvalue weighted by Gasteiger charge is 2.29. The molecular weight excluding hydrogens is 528 g/mol. The number of thiophene rings is 1. The third kappa shape index (κ3) is 6.35. The quantitative estimate of drug-likeness (QED) is 0.329. The van der Waals surface area contributed by atoms with Crippen LogP contribution in [-0.4, -0.2) is 60.6 Å². The molecule has 1 fully saturated rings. The highest BCUT2D eigenvalue weighted by molar-refractivity contribution is 7.88. The number of carboxylic acids is 2. The van der Waals surface area contributed by atoms with E-state index in [4.69, 9.17) is 9.84 Å². The van der Waals surface area contributed by atoms with Gasteiger partial charge in [-0.1, -0.05) is 36.4 Å². The Morgan fingerprint density at radius 2 is 1.79 bits per heavy atom. The molecule has 9 nitrogen and oxygen atoms in total. The lowest BCUT2D eigenvalue weighted by Crippen LogP contribution is -2.42. The summed E-state index contributed by atoms with van der Waals surface area (Å²) < 4.78 is 32.8. The Kier molecular flexibility index (Phi) is 8.39. The molecule has 0 amide bonds. The number of anilines is 1. The van der Waals surface area contributed by atoms with Crippen LogP contribution in [0.1, 0.15) is 39.2 Å². The molecule has 0 atom stereocenters. The molecule has 4 rings (SSSR count). The van der Waals surface area contributed by atoms with E-state index in [0.717, 1.165) is 33.7 Å².